The first-order valence-electron chi connectivity index (χ1n) is 9.88. The number of ketones is 1. The molecule has 4 nitrogen and oxygen atoms in total. The van der Waals surface area contributed by atoms with Crippen molar-refractivity contribution in [3.8, 4) is 0 Å². The SMILES string of the molecule is CCC(C)Cc1cc(N2CCN(CC3CNC3)CC2)ccc1C(C)=O. The number of hydrogen-bond acceptors (Lipinski definition) is 4. The highest BCUT2D eigenvalue weighted by Gasteiger charge is 2.24. The number of nitrogens with one attached hydrogen (secondary N) is 1. The van der Waals surface area contributed by atoms with Gasteiger partial charge in [-0.3, -0.25) is 9.69 Å². The summed E-state index contributed by atoms with van der Waals surface area (Å²) in [6.45, 7) is 14.2. The number of carbonyl (C=O) groups excluding carboxylic acids is 1. The molecule has 0 aliphatic carbocycles. The average Bonchev–Trinajstić information content (AvgIpc) is 2.58. The Balaban J connectivity index is 1.65. The van der Waals surface area contributed by atoms with Crippen molar-refractivity contribution >= 4 is 11.5 Å². The van der Waals surface area contributed by atoms with Crippen LogP contribution in [0.1, 0.15) is 43.1 Å². The minimum atomic E-state index is 0.184. The van der Waals surface area contributed by atoms with E-state index in [0.29, 0.717) is 5.92 Å². The van der Waals surface area contributed by atoms with Crippen LogP contribution in [-0.2, 0) is 6.42 Å². The van der Waals surface area contributed by atoms with Gasteiger partial charge < -0.3 is 10.2 Å². The molecule has 0 aromatic heterocycles. The zero-order valence-corrected chi connectivity index (χ0v) is 16.1. The average molecular weight is 344 g/mol. The summed E-state index contributed by atoms with van der Waals surface area (Å²) in [7, 11) is 0. The molecule has 1 aromatic rings. The summed E-state index contributed by atoms with van der Waals surface area (Å²) in [4.78, 5) is 17.1. The Labute approximate surface area is 152 Å². The number of anilines is 1. The summed E-state index contributed by atoms with van der Waals surface area (Å²) in [5, 5.41) is 3.36. The van der Waals surface area contributed by atoms with E-state index in [1.165, 1.54) is 30.9 Å². The van der Waals surface area contributed by atoms with E-state index in [1.807, 2.05) is 6.07 Å². The van der Waals surface area contributed by atoms with Crippen LogP contribution in [0.3, 0.4) is 0 Å². The van der Waals surface area contributed by atoms with Gasteiger partial charge in [0.15, 0.2) is 5.78 Å². The molecule has 25 heavy (non-hydrogen) atoms. The van der Waals surface area contributed by atoms with E-state index in [2.05, 4.69) is 41.1 Å². The molecular weight excluding hydrogens is 310 g/mol. The van der Waals surface area contributed by atoms with Crippen LogP contribution in [-0.4, -0.2) is 56.5 Å². The Morgan fingerprint density at radius 2 is 1.96 bits per heavy atom. The molecule has 0 spiro atoms. The summed E-state index contributed by atoms with van der Waals surface area (Å²) in [6.07, 6.45) is 2.14. The lowest BCUT2D eigenvalue weighted by Crippen LogP contribution is -2.53. The van der Waals surface area contributed by atoms with Gasteiger partial charge in [-0.1, -0.05) is 20.3 Å². The van der Waals surface area contributed by atoms with Crippen LogP contribution in [0.15, 0.2) is 18.2 Å². The Hall–Kier alpha value is -1.39. The largest absolute Gasteiger partial charge is 0.369 e. The first kappa shape index (κ1) is 18.4. The van der Waals surface area contributed by atoms with E-state index in [1.54, 1.807) is 6.92 Å². The van der Waals surface area contributed by atoms with Crippen molar-refractivity contribution in [1.29, 1.82) is 0 Å². The molecule has 2 fully saturated rings. The van der Waals surface area contributed by atoms with Gasteiger partial charge in [0.1, 0.15) is 0 Å². The molecule has 1 aromatic carbocycles. The van der Waals surface area contributed by atoms with Crippen LogP contribution in [0.5, 0.6) is 0 Å². The lowest BCUT2D eigenvalue weighted by Gasteiger charge is -2.39. The minimum absolute atomic E-state index is 0.184. The molecule has 0 saturated carbocycles. The Kier molecular flexibility index (Phi) is 6.13. The number of hydrogen-bond donors (Lipinski definition) is 1. The third-order valence-corrected chi connectivity index (χ3v) is 5.85. The molecule has 138 valence electrons. The maximum atomic E-state index is 12.0. The van der Waals surface area contributed by atoms with Crippen LogP contribution in [0.4, 0.5) is 5.69 Å². The standard InChI is InChI=1S/C21H33N3O/c1-4-16(2)11-19-12-20(5-6-21(19)17(3)25)24-9-7-23(8-10-24)15-18-13-22-14-18/h5-6,12,16,18,22H,4,7-11,13-15H2,1-3H3. The van der Waals surface area contributed by atoms with Gasteiger partial charge in [-0.15, -0.1) is 0 Å². The predicted molar refractivity (Wildman–Crippen MR) is 105 cm³/mol. The highest BCUT2D eigenvalue weighted by molar-refractivity contribution is 5.96. The minimum Gasteiger partial charge on any atom is -0.369 e. The molecule has 1 atom stereocenters. The van der Waals surface area contributed by atoms with Crippen molar-refractivity contribution in [2.75, 3.05) is 50.7 Å². The normalized spacial score (nSPS) is 20.4. The second kappa shape index (κ2) is 8.33. The maximum Gasteiger partial charge on any atom is 0.160 e. The van der Waals surface area contributed by atoms with E-state index in [-0.39, 0.29) is 5.78 Å². The fourth-order valence-corrected chi connectivity index (χ4v) is 3.84. The summed E-state index contributed by atoms with van der Waals surface area (Å²) in [5.41, 5.74) is 3.41. The van der Waals surface area contributed by atoms with E-state index < -0.39 is 0 Å². The zero-order valence-electron chi connectivity index (χ0n) is 16.1. The van der Waals surface area contributed by atoms with Gasteiger partial charge in [-0.2, -0.15) is 0 Å². The highest BCUT2D eigenvalue weighted by Crippen LogP contribution is 2.25. The molecule has 3 rings (SSSR count). The molecule has 2 aliphatic heterocycles. The fraction of sp³-hybridized carbons (Fsp3) is 0.667. The predicted octanol–water partition coefficient (Wildman–Crippen LogP) is 2.82. The van der Waals surface area contributed by atoms with Crippen molar-refractivity contribution in [3.05, 3.63) is 29.3 Å². The quantitative estimate of drug-likeness (QED) is 0.772. The molecule has 2 heterocycles. The fourth-order valence-electron chi connectivity index (χ4n) is 3.84. The number of rotatable bonds is 7. The topological polar surface area (TPSA) is 35.6 Å². The number of Topliss-reactive ketones (excluding diaryl/α,β-unsaturated/α-hetero) is 1. The van der Waals surface area contributed by atoms with E-state index in [4.69, 9.17) is 0 Å². The molecule has 2 saturated heterocycles. The number of carbonyl (C=O) groups is 1. The van der Waals surface area contributed by atoms with Crippen molar-refractivity contribution in [3.63, 3.8) is 0 Å². The van der Waals surface area contributed by atoms with Gasteiger partial charge in [-0.05, 0) is 48.9 Å². The lowest BCUT2D eigenvalue weighted by atomic mass is 9.93. The number of nitrogens with zero attached hydrogens (tertiary/aromatic N) is 2. The number of benzene rings is 1. The second-order valence-corrected chi connectivity index (χ2v) is 7.93. The first-order chi connectivity index (χ1) is 12.1. The molecular formula is C21H33N3O. The third kappa shape index (κ3) is 4.62. The molecule has 4 heteroatoms. The van der Waals surface area contributed by atoms with Gasteiger partial charge in [0, 0.05) is 57.1 Å². The van der Waals surface area contributed by atoms with Gasteiger partial charge in [-0.25, -0.2) is 0 Å². The summed E-state index contributed by atoms with van der Waals surface area (Å²) >= 11 is 0. The number of piperazine rings is 1. The summed E-state index contributed by atoms with van der Waals surface area (Å²) in [6, 6.07) is 6.46. The van der Waals surface area contributed by atoms with Gasteiger partial charge in [0.05, 0.1) is 0 Å². The van der Waals surface area contributed by atoms with Crippen molar-refractivity contribution in [2.24, 2.45) is 11.8 Å². The van der Waals surface area contributed by atoms with Crippen LogP contribution < -0.4 is 10.2 Å². The third-order valence-electron chi connectivity index (χ3n) is 5.85. The zero-order chi connectivity index (χ0) is 17.8. The van der Waals surface area contributed by atoms with Crippen molar-refractivity contribution in [1.82, 2.24) is 10.2 Å². The van der Waals surface area contributed by atoms with E-state index in [0.717, 1.165) is 50.5 Å². The summed E-state index contributed by atoms with van der Waals surface area (Å²) < 4.78 is 0. The van der Waals surface area contributed by atoms with Gasteiger partial charge in [0.25, 0.3) is 0 Å². The summed E-state index contributed by atoms with van der Waals surface area (Å²) in [5.74, 6) is 1.65. The van der Waals surface area contributed by atoms with E-state index in [9.17, 15) is 4.79 Å². The molecule has 0 bridgehead atoms. The van der Waals surface area contributed by atoms with E-state index >= 15 is 0 Å². The Morgan fingerprint density at radius 1 is 1.24 bits per heavy atom. The van der Waals surface area contributed by atoms with Crippen LogP contribution in [0, 0.1) is 11.8 Å². The molecule has 2 aliphatic rings. The van der Waals surface area contributed by atoms with Crippen LogP contribution in [0.2, 0.25) is 0 Å². The van der Waals surface area contributed by atoms with Gasteiger partial charge >= 0.3 is 0 Å². The molecule has 0 radical (unpaired) electrons. The lowest BCUT2D eigenvalue weighted by molar-refractivity contribution is 0.101. The Bertz CT molecular complexity index is 589. The second-order valence-electron chi connectivity index (χ2n) is 7.93. The maximum absolute atomic E-state index is 12.0. The van der Waals surface area contributed by atoms with Crippen LogP contribution in [0.25, 0.3) is 0 Å². The molecule has 1 unspecified atom stereocenters. The Morgan fingerprint density at radius 3 is 2.52 bits per heavy atom. The molecule has 1 N–H and O–H groups in total. The highest BCUT2D eigenvalue weighted by atomic mass is 16.1. The van der Waals surface area contributed by atoms with Gasteiger partial charge in [0.2, 0.25) is 0 Å². The van der Waals surface area contributed by atoms with Crippen molar-refractivity contribution < 1.29 is 4.79 Å². The van der Waals surface area contributed by atoms with Crippen molar-refractivity contribution in [2.45, 2.75) is 33.6 Å². The first-order valence-corrected chi connectivity index (χ1v) is 9.88. The monoisotopic (exact) mass is 343 g/mol. The smallest absolute Gasteiger partial charge is 0.160 e. The van der Waals surface area contributed by atoms with Crippen LogP contribution >= 0.6 is 0 Å². The molecule has 0 amide bonds.